The SMILES string of the molecule is COc1ccc(N2C(=S)NC(c3ccccn3)C2c2ccc(C)n2-c2cccnc2)cc1NS(C)(=O)=O. The molecule has 2 N–H and O–H groups in total. The summed E-state index contributed by atoms with van der Waals surface area (Å²) >= 11 is 5.85. The van der Waals surface area contributed by atoms with Gasteiger partial charge in [0.2, 0.25) is 10.0 Å². The van der Waals surface area contributed by atoms with Crippen molar-refractivity contribution in [3.05, 3.63) is 96.3 Å². The number of pyridine rings is 2. The summed E-state index contributed by atoms with van der Waals surface area (Å²) < 4.78 is 34.2. The van der Waals surface area contributed by atoms with Gasteiger partial charge >= 0.3 is 0 Å². The zero-order valence-electron chi connectivity index (χ0n) is 20.5. The molecule has 5 rings (SSSR count). The van der Waals surface area contributed by atoms with E-state index >= 15 is 0 Å². The lowest BCUT2D eigenvalue weighted by Crippen LogP contribution is -2.30. The van der Waals surface area contributed by atoms with E-state index in [0.717, 1.165) is 29.0 Å². The molecule has 3 aromatic heterocycles. The predicted octanol–water partition coefficient (Wildman–Crippen LogP) is 4.13. The Hall–Kier alpha value is -3.96. The van der Waals surface area contributed by atoms with Gasteiger partial charge in [-0.15, -0.1) is 0 Å². The number of ether oxygens (including phenoxy) is 1. The summed E-state index contributed by atoms with van der Waals surface area (Å²) in [6, 6.07) is 18.5. The van der Waals surface area contributed by atoms with E-state index in [1.807, 2.05) is 54.4 Å². The largest absolute Gasteiger partial charge is 0.495 e. The number of rotatable bonds is 7. The van der Waals surface area contributed by atoms with Gasteiger partial charge in [-0.1, -0.05) is 6.07 Å². The van der Waals surface area contributed by atoms with Crippen molar-refractivity contribution in [2.75, 3.05) is 23.0 Å². The van der Waals surface area contributed by atoms with Gasteiger partial charge in [0.25, 0.3) is 0 Å². The summed E-state index contributed by atoms with van der Waals surface area (Å²) in [6.07, 6.45) is 6.42. The van der Waals surface area contributed by atoms with E-state index in [2.05, 4.69) is 36.7 Å². The molecule has 37 heavy (non-hydrogen) atoms. The molecule has 4 heterocycles. The minimum absolute atomic E-state index is 0.271. The monoisotopic (exact) mass is 534 g/mol. The van der Waals surface area contributed by atoms with Crippen LogP contribution in [-0.2, 0) is 10.0 Å². The molecule has 0 amide bonds. The van der Waals surface area contributed by atoms with Crippen molar-refractivity contribution in [3.63, 3.8) is 0 Å². The van der Waals surface area contributed by atoms with Crippen LogP contribution >= 0.6 is 12.2 Å². The maximum absolute atomic E-state index is 12.1. The smallest absolute Gasteiger partial charge is 0.229 e. The molecule has 2 unspecified atom stereocenters. The number of nitrogens with zero attached hydrogens (tertiary/aromatic N) is 4. The van der Waals surface area contributed by atoms with Crippen molar-refractivity contribution in [1.82, 2.24) is 19.9 Å². The number of sulfonamides is 1. The average Bonchev–Trinajstić information content (AvgIpc) is 3.43. The van der Waals surface area contributed by atoms with E-state index in [0.29, 0.717) is 22.2 Å². The molecule has 190 valence electrons. The third kappa shape index (κ3) is 4.87. The maximum atomic E-state index is 12.1. The van der Waals surface area contributed by atoms with Crippen LogP contribution in [0.4, 0.5) is 11.4 Å². The van der Waals surface area contributed by atoms with Crippen LogP contribution in [-0.4, -0.2) is 41.4 Å². The van der Waals surface area contributed by atoms with E-state index in [1.165, 1.54) is 7.11 Å². The molecule has 11 heteroatoms. The molecule has 0 bridgehead atoms. The molecule has 1 saturated heterocycles. The second kappa shape index (κ2) is 9.83. The van der Waals surface area contributed by atoms with E-state index in [9.17, 15) is 8.42 Å². The van der Waals surface area contributed by atoms with Gasteiger partial charge in [0.05, 0.1) is 42.7 Å². The fraction of sp³-hybridized carbons (Fsp3) is 0.192. The topological polar surface area (TPSA) is 101 Å². The number of hydrogen-bond donors (Lipinski definition) is 2. The highest BCUT2D eigenvalue weighted by molar-refractivity contribution is 7.92. The van der Waals surface area contributed by atoms with E-state index < -0.39 is 10.0 Å². The summed E-state index contributed by atoms with van der Waals surface area (Å²) in [5, 5.41) is 3.94. The van der Waals surface area contributed by atoms with Crippen LogP contribution in [0.3, 0.4) is 0 Å². The summed E-state index contributed by atoms with van der Waals surface area (Å²) in [5.74, 6) is 0.402. The Labute approximate surface area is 221 Å². The summed E-state index contributed by atoms with van der Waals surface area (Å²) in [5.41, 5.74) is 4.79. The number of hydrogen-bond acceptors (Lipinski definition) is 6. The van der Waals surface area contributed by atoms with Crippen LogP contribution in [0.5, 0.6) is 5.75 Å². The van der Waals surface area contributed by atoms with E-state index in [4.69, 9.17) is 17.0 Å². The van der Waals surface area contributed by atoms with Crippen LogP contribution in [0.25, 0.3) is 5.69 Å². The molecular weight excluding hydrogens is 508 g/mol. The molecule has 1 aliphatic rings. The average molecular weight is 535 g/mol. The zero-order chi connectivity index (χ0) is 26.2. The number of benzene rings is 1. The van der Waals surface area contributed by atoms with Gasteiger partial charge in [0.1, 0.15) is 11.8 Å². The van der Waals surface area contributed by atoms with Gasteiger partial charge in [0.15, 0.2) is 5.11 Å². The second-order valence-electron chi connectivity index (χ2n) is 8.70. The maximum Gasteiger partial charge on any atom is 0.229 e. The van der Waals surface area contributed by atoms with Crippen LogP contribution in [0, 0.1) is 6.92 Å². The minimum Gasteiger partial charge on any atom is -0.495 e. The zero-order valence-corrected chi connectivity index (χ0v) is 22.1. The Balaban J connectivity index is 1.69. The molecule has 0 aliphatic carbocycles. The Morgan fingerprint density at radius 1 is 1.05 bits per heavy atom. The lowest BCUT2D eigenvalue weighted by molar-refractivity contribution is 0.417. The molecule has 9 nitrogen and oxygen atoms in total. The third-order valence-corrected chi connectivity index (χ3v) is 7.07. The van der Waals surface area contributed by atoms with Crippen LogP contribution in [0.2, 0.25) is 0 Å². The molecular formula is C26H26N6O3S2. The number of thiocarbonyl (C=S) groups is 1. The van der Waals surface area contributed by atoms with Crippen LogP contribution in [0.1, 0.15) is 29.2 Å². The van der Waals surface area contributed by atoms with Crippen LogP contribution < -0.4 is 19.7 Å². The quantitative estimate of drug-likeness (QED) is 0.341. The fourth-order valence-corrected chi connectivity index (χ4v) is 5.59. The normalized spacial score (nSPS) is 17.5. The Morgan fingerprint density at radius 2 is 1.89 bits per heavy atom. The Bertz CT molecular complexity index is 1540. The van der Waals surface area contributed by atoms with Crippen molar-refractivity contribution in [2.45, 2.75) is 19.0 Å². The summed E-state index contributed by atoms with van der Waals surface area (Å²) in [4.78, 5) is 10.9. The first-order valence-corrected chi connectivity index (χ1v) is 13.8. The van der Waals surface area contributed by atoms with Crippen molar-refractivity contribution in [1.29, 1.82) is 0 Å². The lowest BCUT2D eigenvalue weighted by atomic mass is 10.0. The summed E-state index contributed by atoms with van der Waals surface area (Å²) in [6.45, 7) is 2.04. The molecule has 1 fully saturated rings. The molecule has 0 saturated carbocycles. The first-order valence-electron chi connectivity index (χ1n) is 11.5. The Morgan fingerprint density at radius 3 is 2.57 bits per heavy atom. The van der Waals surface area contributed by atoms with Crippen molar-refractivity contribution < 1.29 is 13.2 Å². The highest BCUT2D eigenvalue weighted by atomic mass is 32.2. The number of methoxy groups -OCH3 is 1. The fourth-order valence-electron chi connectivity index (χ4n) is 4.69. The van der Waals surface area contributed by atoms with Crippen LogP contribution in [0.15, 0.2) is 79.3 Å². The van der Waals surface area contributed by atoms with Crippen molar-refractivity contribution in [3.8, 4) is 11.4 Å². The van der Waals surface area contributed by atoms with Gasteiger partial charge in [-0.05, 0) is 73.7 Å². The van der Waals surface area contributed by atoms with Crippen molar-refractivity contribution >= 4 is 38.7 Å². The lowest BCUT2D eigenvalue weighted by Gasteiger charge is -2.29. The number of anilines is 2. The molecule has 1 aliphatic heterocycles. The van der Waals surface area contributed by atoms with Gasteiger partial charge in [-0.3, -0.25) is 14.7 Å². The predicted molar refractivity (Wildman–Crippen MR) is 148 cm³/mol. The molecule has 0 spiro atoms. The first-order chi connectivity index (χ1) is 17.8. The number of aromatic nitrogens is 3. The second-order valence-corrected chi connectivity index (χ2v) is 10.8. The molecule has 0 radical (unpaired) electrons. The molecule has 2 atom stereocenters. The number of aryl methyl sites for hydroxylation is 1. The third-order valence-electron chi connectivity index (χ3n) is 6.17. The van der Waals surface area contributed by atoms with Crippen molar-refractivity contribution in [2.24, 2.45) is 0 Å². The highest BCUT2D eigenvalue weighted by Gasteiger charge is 2.42. The molecule has 4 aromatic rings. The van der Waals surface area contributed by atoms with Gasteiger partial charge in [-0.2, -0.15) is 0 Å². The van der Waals surface area contributed by atoms with Gasteiger partial charge in [-0.25, -0.2) is 8.42 Å². The highest BCUT2D eigenvalue weighted by Crippen LogP contribution is 2.44. The molecule has 1 aromatic carbocycles. The van der Waals surface area contributed by atoms with Gasteiger partial charge in [0, 0.05) is 29.5 Å². The number of nitrogens with one attached hydrogen (secondary N) is 2. The first kappa shape index (κ1) is 24.7. The van der Waals surface area contributed by atoms with E-state index in [-0.39, 0.29) is 12.1 Å². The van der Waals surface area contributed by atoms with E-state index in [1.54, 1.807) is 24.5 Å². The summed E-state index contributed by atoms with van der Waals surface area (Å²) in [7, 11) is -2.05. The van der Waals surface area contributed by atoms with Gasteiger partial charge < -0.3 is 19.5 Å². The Kier molecular flexibility index (Phi) is 6.57. The minimum atomic E-state index is -3.54. The standard InChI is InChI=1S/C26H26N6O3S2/c1-17-9-11-22(31(17)19-7-6-13-27-16-19)25-24(20-8-4-5-14-28-20)29-26(36)32(25)18-10-12-23(35-2)21(15-18)30-37(3,33)34/h4-16,24-25,30H,1-3H3,(H,29,36).